The van der Waals surface area contributed by atoms with Crippen molar-refractivity contribution in [3.8, 4) is 17.1 Å². The number of aliphatic imine (C=N–C) groups is 1. The minimum absolute atomic E-state index is 0. The number of rotatable bonds is 10. The Bertz CT molecular complexity index is 1540. The number of oxime groups is 1. The number of aliphatic carboxylic acids is 1. The van der Waals surface area contributed by atoms with Crippen LogP contribution in [0, 0.1) is 0 Å². The summed E-state index contributed by atoms with van der Waals surface area (Å²) in [6, 6.07) is 6.23. The first-order valence-electron chi connectivity index (χ1n) is 11.5. The normalized spacial score (nSPS) is 18.9. The number of anilines is 1. The van der Waals surface area contributed by atoms with Crippen LogP contribution in [0.25, 0.3) is 11.4 Å². The number of nitrogens with one attached hydrogen (secondary N) is 1. The van der Waals surface area contributed by atoms with Gasteiger partial charge in [-0.25, -0.2) is 14.8 Å². The second kappa shape index (κ2) is 13.3. The molecule has 2 aliphatic rings. The van der Waals surface area contributed by atoms with E-state index >= 15 is 0 Å². The topological polar surface area (TPSA) is 204 Å². The molecule has 0 bridgehead atoms. The van der Waals surface area contributed by atoms with Crippen molar-refractivity contribution in [3.05, 3.63) is 46.6 Å². The number of amides is 1. The van der Waals surface area contributed by atoms with Crippen LogP contribution in [0.2, 0.25) is 0 Å². The van der Waals surface area contributed by atoms with Crippen LogP contribution < -0.4 is 45.1 Å². The Balaban J connectivity index is 0.00000387. The molecule has 0 aliphatic carbocycles. The fraction of sp³-hybridized carbons (Fsp3) is 0.261. The molecule has 2 aromatic heterocycles. The van der Waals surface area contributed by atoms with Gasteiger partial charge in [0.15, 0.2) is 17.0 Å². The molecule has 0 saturated carbocycles. The number of hydrogen-bond donors (Lipinski definition) is 3. The van der Waals surface area contributed by atoms with Crippen LogP contribution >= 0.6 is 34.9 Å². The van der Waals surface area contributed by atoms with E-state index in [1.807, 2.05) is 24.3 Å². The van der Waals surface area contributed by atoms with E-state index in [2.05, 4.69) is 30.3 Å². The van der Waals surface area contributed by atoms with Crippen LogP contribution in [0.3, 0.4) is 0 Å². The van der Waals surface area contributed by atoms with Gasteiger partial charge in [0.05, 0.1) is 7.11 Å². The van der Waals surface area contributed by atoms with Crippen LogP contribution in [-0.4, -0.2) is 90.8 Å². The number of ether oxygens (including phenoxy) is 1. The van der Waals surface area contributed by atoms with Gasteiger partial charge in [-0.3, -0.25) is 19.8 Å². The molecule has 0 spiro atoms. The quantitative estimate of drug-likeness (QED) is 0.0562. The molecule has 1 fully saturated rings. The maximum atomic E-state index is 13.0. The summed E-state index contributed by atoms with van der Waals surface area (Å²) in [4.78, 5) is 43.6. The van der Waals surface area contributed by atoms with E-state index in [1.54, 1.807) is 7.11 Å². The number of carboxylic acids is 1. The summed E-state index contributed by atoms with van der Waals surface area (Å²) >= 11 is 3.68. The Hall–Kier alpha value is -3.09. The number of fused-ring (bicyclic) bond motifs is 1. The molecule has 14 nitrogen and oxygen atoms in total. The minimum Gasteiger partial charge on any atom is -0.857 e. The van der Waals surface area contributed by atoms with E-state index in [0.717, 1.165) is 16.9 Å². The third-order valence-corrected chi connectivity index (χ3v) is 8.76. The number of β-lactam (4-membered cyclic amide) rings is 1. The van der Waals surface area contributed by atoms with Crippen molar-refractivity contribution in [1.82, 2.24) is 25.1 Å². The van der Waals surface area contributed by atoms with Gasteiger partial charge in [-0.1, -0.05) is 16.9 Å². The number of nitrogens with two attached hydrogens (primary N) is 1. The van der Waals surface area contributed by atoms with Gasteiger partial charge < -0.3 is 25.5 Å². The maximum Gasteiger partial charge on any atom is 1.00 e. The summed E-state index contributed by atoms with van der Waals surface area (Å²) in [5.74, 6) is -0.813. The van der Waals surface area contributed by atoms with Gasteiger partial charge >= 0.3 is 35.5 Å². The zero-order valence-corrected chi connectivity index (χ0v) is 26.4. The minimum atomic E-state index is -1.24. The van der Waals surface area contributed by atoms with Crippen molar-refractivity contribution in [2.24, 2.45) is 10.1 Å². The number of methoxy groups -OCH3 is 1. The Morgan fingerprint density at radius 3 is 2.71 bits per heavy atom. The van der Waals surface area contributed by atoms with Gasteiger partial charge in [0.1, 0.15) is 35.3 Å². The molecule has 0 unspecified atom stereocenters. The molecule has 208 valence electrons. The van der Waals surface area contributed by atoms with Gasteiger partial charge in [-0.2, -0.15) is 0 Å². The molecule has 0 radical (unpaired) electrons. The number of thioether (sulfide) groups is 2. The number of H-pyrrole nitrogens is 1. The van der Waals surface area contributed by atoms with E-state index in [4.69, 9.17) is 15.3 Å². The number of aromatic amines is 1. The molecular formula is C23H21N8NaO6S3. The zero-order chi connectivity index (χ0) is 28.4. The third-order valence-electron chi connectivity index (χ3n) is 5.83. The zero-order valence-electron chi connectivity index (χ0n) is 21.9. The molecular weight excluding hydrogens is 603 g/mol. The Morgan fingerprint density at radius 1 is 1.32 bits per heavy atom. The largest absolute Gasteiger partial charge is 1.00 e. The number of thiazole rings is 1. The van der Waals surface area contributed by atoms with E-state index in [1.165, 1.54) is 40.9 Å². The fourth-order valence-electron chi connectivity index (χ4n) is 3.97. The van der Waals surface area contributed by atoms with E-state index < -0.39 is 29.2 Å². The first-order chi connectivity index (χ1) is 19.3. The van der Waals surface area contributed by atoms with Gasteiger partial charge in [-0.05, 0) is 29.8 Å². The van der Waals surface area contributed by atoms with Crippen molar-refractivity contribution >= 4 is 63.5 Å². The second-order valence-electron chi connectivity index (χ2n) is 8.22. The standard InChI is InChI=1S/C23H22N8O6S3.Na/c1-36-12-5-3-10(4-6-12)17-27-23(29-28-17)40-8-11-7-38-20-15(19(33)31(20)16(11)21(34)35)26-18(32)14(30-37-2)13-9-39-22(24)25-13;/h3-6,9,15,20H,7-8H2,1-2H3,(H2,24,25)(H,26,32)(H,34,35)(H,27,28,29);/q;+1/p-1/b30-14-;/t15-,20-;/m1./s1. The molecule has 1 saturated heterocycles. The molecule has 41 heavy (non-hydrogen) atoms. The summed E-state index contributed by atoms with van der Waals surface area (Å²) in [5, 5.41) is 35.1. The first kappa shape index (κ1) is 30.9. The molecule has 18 heteroatoms. The second-order valence-corrected chi connectivity index (χ2v) is 11.2. The van der Waals surface area contributed by atoms with Gasteiger partial charge in [0.25, 0.3) is 5.91 Å². The Labute approximate surface area is 267 Å². The van der Waals surface area contributed by atoms with Crippen LogP contribution in [0.15, 0.2) is 56.2 Å². The molecule has 3 aromatic rings. The fourth-order valence-corrected chi connectivity index (χ4v) is 6.78. The smallest absolute Gasteiger partial charge is 0.857 e. The Kier molecular flexibility index (Phi) is 9.98. The number of benzene rings is 1. The van der Waals surface area contributed by atoms with E-state index in [9.17, 15) is 19.8 Å². The monoisotopic (exact) mass is 624 g/mol. The van der Waals surface area contributed by atoms with Crippen LogP contribution in [0.5, 0.6) is 5.75 Å². The third kappa shape index (κ3) is 6.39. The number of carbonyl (C=O) groups excluding carboxylic acids is 1. The van der Waals surface area contributed by atoms with Crippen LogP contribution in [0.4, 0.5) is 5.13 Å². The molecule has 1 aromatic carbocycles. The number of aromatic nitrogens is 4. The van der Waals surface area contributed by atoms with Crippen molar-refractivity contribution < 1.29 is 58.9 Å². The summed E-state index contributed by atoms with van der Waals surface area (Å²) in [5.41, 5.74) is 6.85. The number of nitrogen functional groups attached to an aromatic ring is 1. The summed E-state index contributed by atoms with van der Waals surface area (Å²) in [7, 11) is 2.85. The van der Waals surface area contributed by atoms with Crippen molar-refractivity contribution in [2.45, 2.75) is 16.6 Å². The van der Waals surface area contributed by atoms with Crippen molar-refractivity contribution in [2.75, 3.05) is 31.5 Å². The number of carboxylic acid groups (broad SMARTS) is 1. The van der Waals surface area contributed by atoms with E-state index in [0.29, 0.717) is 28.1 Å². The predicted octanol–water partition coefficient (Wildman–Crippen LogP) is -1.95. The molecule has 4 heterocycles. The average Bonchev–Trinajstić information content (AvgIpc) is 3.61. The summed E-state index contributed by atoms with van der Waals surface area (Å²) in [6.45, 7) is 0. The molecule has 5 rings (SSSR count). The van der Waals surface area contributed by atoms with Crippen molar-refractivity contribution in [1.29, 1.82) is 0 Å². The van der Waals surface area contributed by atoms with E-state index in [-0.39, 0.29) is 57.5 Å². The number of nitrogens with zero attached hydrogens (tertiary/aromatic N) is 6. The number of carbonyl (C=O) groups is 2. The summed E-state index contributed by atoms with van der Waals surface area (Å²) < 4.78 is 5.17. The van der Waals surface area contributed by atoms with Crippen LogP contribution in [-0.2, 0) is 14.4 Å². The molecule has 4 N–H and O–H groups in total. The predicted molar refractivity (Wildman–Crippen MR) is 148 cm³/mol. The van der Waals surface area contributed by atoms with Crippen molar-refractivity contribution in [3.63, 3.8) is 0 Å². The summed E-state index contributed by atoms with van der Waals surface area (Å²) in [6.07, 6.45) is 0. The van der Waals surface area contributed by atoms with Gasteiger partial charge in [0.2, 0.25) is 5.16 Å². The molecule has 1 amide bonds. The molecule has 2 atom stereocenters. The SMILES string of the molecule is CO/N=C(\C([O-])=N[C@@H]1C(=O)N2C(C(=O)O)=C(CSc3n[nH]c(-c4ccc(OC)cc4)n3)CS[C@H]12)c1csc(N)n1.[Na+]. The van der Waals surface area contributed by atoms with Crippen LogP contribution in [0.1, 0.15) is 5.69 Å². The van der Waals surface area contributed by atoms with Gasteiger partial charge in [-0.15, -0.1) is 28.2 Å². The molecule has 2 aliphatic heterocycles. The average molecular weight is 625 g/mol. The first-order valence-corrected chi connectivity index (χ1v) is 14.4. The number of hydrogen-bond acceptors (Lipinski definition) is 14. The van der Waals surface area contributed by atoms with Gasteiger partial charge in [0, 0.05) is 28.3 Å². The Morgan fingerprint density at radius 2 is 2.07 bits per heavy atom. The maximum absolute atomic E-state index is 13.0.